The number of likely N-dealkylation sites (tertiary alicyclic amines) is 1. The first-order valence-electron chi connectivity index (χ1n) is 9.52. The van der Waals surface area contributed by atoms with Gasteiger partial charge in [0.15, 0.2) is 12.4 Å². The molecular weight excluding hydrogens is 346 g/mol. The number of amides is 2. The summed E-state index contributed by atoms with van der Waals surface area (Å²) >= 11 is 0. The van der Waals surface area contributed by atoms with E-state index in [2.05, 4.69) is 0 Å². The number of carbonyl (C=O) groups excluding carboxylic acids is 4. The predicted octanol–water partition coefficient (Wildman–Crippen LogP) is 2.14. The molecule has 4 rings (SSSR count). The Morgan fingerprint density at radius 1 is 1.07 bits per heavy atom. The van der Waals surface area contributed by atoms with Crippen molar-refractivity contribution in [1.82, 2.24) is 4.90 Å². The van der Waals surface area contributed by atoms with Crippen LogP contribution in [0.25, 0.3) is 0 Å². The van der Waals surface area contributed by atoms with Crippen LogP contribution in [0.15, 0.2) is 24.3 Å². The molecule has 1 aromatic carbocycles. The highest BCUT2D eigenvalue weighted by molar-refractivity contribution is 6.08. The van der Waals surface area contributed by atoms with Gasteiger partial charge in [-0.05, 0) is 44.9 Å². The Hall–Kier alpha value is -2.50. The van der Waals surface area contributed by atoms with Crippen LogP contribution in [0.5, 0.6) is 0 Å². The van der Waals surface area contributed by atoms with Crippen molar-refractivity contribution in [2.24, 2.45) is 23.7 Å². The van der Waals surface area contributed by atoms with Gasteiger partial charge in [0, 0.05) is 5.56 Å². The van der Waals surface area contributed by atoms with Crippen LogP contribution in [0.3, 0.4) is 0 Å². The molecule has 1 saturated heterocycles. The molecule has 6 heteroatoms. The highest BCUT2D eigenvalue weighted by Gasteiger charge is 2.62. The van der Waals surface area contributed by atoms with Gasteiger partial charge in [-0.2, -0.15) is 0 Å². The zero-order valence-electron chi connectivity index (χ0n) is 15.5. The molecule has 27 heavy (non-hydrogen) atoms. The van der Waals surface area contributed by atoms with Gasteiger partial charge in [0.05, 0.1) is 11.8 Å². The number of carbonyl (C=O) groups is 4. The number of hydrogen-bond acceptors (Lipinski definition) is 5. The van der Waals surface area contributed by atoms with Gasteiger partial charge < -0.3 is 4.74 Å². The largest absolute Gasteiger partial charge is 0.456 e. The number of fused-ring (bicyclic) bond motifs is 5. The molecule has 2 amide bonds. The maximum Gasteiger partial charge on any atom is 0.329 e. The molecule has 0 unspecified atom stereocenters. The van der Waals surface area contributed by atoms with Crippen molar-refractivity contribution in [2.75, 3.05) is 6.61 Å². The van der Waals surface area contributed by atoms with Crippen LogP contribution in [0.2, 0.25) is 0 Å². The van der Waals surface area contributed by atoms with E-state index < -0.39 is 18.6 Å². The fourth-order valence-corrected chi connectivity index (χ4v) is 5.00. The zero-order valence-corrected chi connectivity index (χ0v) is 15.5. The van der Waals surface area contributed by atoms with Crippen LogP contribution >= 0.6 is 0 Å². The normalized spacial score (nSPS) is 29.8. The molecule has 0 aromatic heterocycles. The smallest absolute Gasteiger partial charge is 0.329 e. The summed E-state index contributed by atoms with van der Waals surface area (Å²) in [6.07, 6.45) is 2.93. The van der Waals surface area contributed by atoms with Gasteiger partial charge in [-0.25, -0.2) is 4.79 Å². The van der Waals surface area contributed by atoms with E-state index in [0.29, 0.717) is 5.56 Å². The first-order valence-corrected chi connectivity index (χ1v) is 9.52. The Balaban J connectivity index is 1.39. The van der Waals surface area contributed by atoms with Crippen molar-refractivity contribution in [3.8, 4) is 0 Å². The minimum absolute atomic E-state index is 0.244. The third-order valence-corrected chi connectivity index (χ3v) is 6.41. The maximum atomic E-state index is 12.8. The number of ether oxygens (including phenoxy) is 1. The standard InChI is InChI=1S/C21H23NO5/c1-11-3-5-13(6-4-11)16(23)10-27-21(26)12(2)22-19(24)17-14-7-8-15(9-14)18(17)20(22)25/h3-6,12,14-15,17-18H,7-10H2,1-2H3/t12-,14-,15-,17-,18+/m0/s1. The molecule has 6 nitrogen and oxygen atoms in total. The van der Waals surface area contributed by atoms with Crippen LogP contribution in [0.4, 0.5) is 0 Å². The van der Waals surface area contributed by atoms with E-state index >= 15 is 0 Å². The summed E-state index contributed by atoms with van der Waals surface area (Å²) in [4.78, 5) is 51.1. The van der Waals surface area contributed by atoms with Gasteiger partial charge in [0.25, 0.3) is 0 Å². The summed E-state index contributed by atoms with van der Waals surface area (Å²) < 4.78 is 5.12. The summed E-state index contributed by atoms with van der Waals surface area (Å²) in [5, 5.41) is 0. The molecule has 1 aromatic rings. The van der Waals surface area contributed by atoms with Crippen molar-refractivity contribution >= 4 is 23.6 Å². The summed E-state index contributed by atoms with van der Waals surface area (Å²) in [6, 6.07) is 5.98. The number of nitrogens with zero attached hydrogens (tertiary/aromatic N) is 1. The molecule has 2 saturated carbocycles. The molecule has 142 valence electrons. The van der Waals surface area contributed by atoms with E-state index in [4.69, 9.17) is 4.74 Å². The van der Waals surface area contributed by atoms with Crippen LogP contribution in [-0.4, -0.2) is 41.1 Å². The third kappa shape index (κ3) is 2.87. The number of ketones is 1. The number of aryl methyl sites for hydroxylation is 1. The van der Waals surface area contributed by atoms with Crippen LogP contribution in [0, 0.1) is 30.6 Å². The Morgan fingerprint density at radius 2 is 1.63 bits per heavy atom. The summed E-state index contributed by atoms with van der Waals surface area (Å²) in [7, 11) is 0. The lowest BCUT2D eigenvalue weighted by Crippen LogP contribution is -2.45. The van der Waals surface area contributed by atoms with Crippen molar-refractivity contribution < 1.29 is 23.9 Å². The lowest BCUT2D eigenvalue weighted by atomic mass is 9.81. The quantitative estimate of drug-likeness (QED) is 0.451. The van der Waals surface area contributed by atoms with E-state index in [0.717, 1.165) is 29.7 Å². The minimum atomic E-state index is -0.999. The number of rotatable bonds is 5. The molecule has 2 bridgehead atoms. The van der Waals surface area contributed by atoms with Crippen molar-refractivity contribution in [3.63, 3.8) is 0 Å². The van der Waals surface area contributed by atoms with Gasteiger partial charge in [-0.3, -0.25) is 19.3 Å². The molecule has 1 heterocycles. The summed E-state index contributed by atoms with van der Waals surface area (Å²) in [5.41, 5.74) is 1.49. The highest BCUT2D eigenvalue weighted by atomic mass is 16.5. The molecular formula is C21H23NO5. The molecule has 5 atom stereocenters. The number of imide groups is 1. The van der Waals surface area contributed by atoms with Crippen LogP contribution < -0.4 is 0 Å². The molecule has 3 aliphatic rings. The van der Waals surface area contributed by atoms with Gasteiger partial charge in [0.1, 0.15) is 6.04 Å². The van der Waals surface area contributed by atoms with Crippen molar-refractivity contribution in [2.45, 2.75) is 39.2 Å². The lowest BCUT2D eigenvalue weighted by molar-refractivity contribution is -0.157. The monoisotopic (exact) mass is 369 g/mol. The molecule has 0 radical (unpaired) electrons. The Morgan fingerprint density at radius 3 is 2.19 bits per heavy atom. The van der Waals surface area contributed by atoms with Crippen LogP contribution in [-0.2, 0) is 19.1 Å². The second-order valence-corrected chi connectivity index (χ2v) is 8.00. The molecule has 3 fully saturated rings. The zero-order chi connectivity index (χ0) is 19.3. The fourth-order valence-electron chi connectivity index (χ4n) is 5.00. The first kappa shape index (κ1) is 17.9. The second kappa shape index (κ2) is 6.59. The van der Waals surface area contributed by atoms with Gasteiger partial charge in [-0.1, -0.05) is 29.8 Å². The van der Waals surface area contributed by atoms with Gasteiger partial charge >= 0.3 is 5.97 Å². The van der Waals surface area contributed by atoms with E-state index in [9.17, 15) is 19.2 Å². The molecule has 1 aliphatic heterocycles. The Kier molecular flexibility index (Phi) is 4.36. The second-order valence-electron chi connectivity index (χ2n) is 8.00. The van der Waals surface area contributed by atoms with E-state index in [1.807, 2.05) is 19.1 Å². The maximum absolute atomic E-state index is 12.8. The van der Waals surface area contributed by atoms with E-state index in [-0.39, 0.29) is 41.3 Å². The minimum Gasteiger partial charge on any atom is -0.456 e. The number of Topliss-reactive ketones (excluding diaryl/α,β-unsaturated/α-hetero) is 1. The topological polar surface area (TPSA) is 80.8 Å². The highest BCUT2D eigenvalue weighted by Crippen LogP contribution is 2.56. The molecule has 2 aliphatic carbocycles. The lowest BCUT2D eigenvalue weighted by Gasteiger charge is -2.22. The number of benzene rings is 1. The fraction of sp³-hybridized carbons (Fsp3) is 0.524. The molecule has 0 N–H and O–H groups in total. The van der Waals surface area contributed by atoms with Gasteiger partial charge in [0.2, 0.25) is 11.8 Å². The summed E-state index contributed by atoms with van der Waals surface area (Å²) in [5.74, 6) is -1.51. The summed E-state index contributed by atoms with van der Waals surface area (Å²) in [6.45, 7) is 3.01. The molecule has 0 spiro atoms. The predicted molar refractivity (Wildman–Crippen MR) is 95.6 cm³/mol. The number of hydrogen-bond donors (Lipinski definition) is 0. The van der Waals surface area contributed by atoms with Crippen molar-refractivity contribution in [3.05, 3.63) is 35.4 Å². The van der Waals surface area contributed by atoms with E-state index in [1.165, 1.54) is 6.92 Å². The van der Waals surface area contributed by atoms with Gasteiger partial charge in [-0.15, -0.1) is 0 Å². The van der Waals surface area contributed by atoms with Crippen molar-refractivity contribution in [1.29, 1.82) is 0 Å². The van der Waals surface area contributed by atoms with Crippen LogP contribution in [0.1, 0.15) is 42.1 Å². The first-order chi connectivity index (χ1) is 12.9. The Labute approximate surface area is 157 Å². The van der Waals surface area contributed by atoms with E-state index in [1.54, 1.807) is 12.1 Å². The number of esters is 1. The average Bonchev–Trinajstić information content (AvgIpc) is 3.33. The Bertz CT molecular complexity index is 786. The average molecular weight is 369 g/mol. The third-order valence-electron chi connectivity index (χ3n) is 6.41. The SMILES string of the molecule is Cc1ccc(C(=O)COC(=O)[C@H](C)N2C(=O)[C@@H]3[C@H]4CC[C@@H](C4)[C@@H]3C2=O)cc1.